The van der Waals surface area contributed by atoms with Crippen LogP contribution in [0.15, 0.2) is 48.5 Å². The Bertz CT molecular complexity index is 847. The quantitative estimate of drug-likeness (QED) is 0.645. The molecule has 3 rings (SSSR count). The molecule has 2 aromatic rings. The van der Waals surface area contributed by atoms with Crippen molar-refractivity contribution in [1.82, 2.24) is 9.80 Å². The number of carbonyl (C=O) groups excluding carboxylic acids is 2. The second-order valence-corrected chi connectivity index (χ2v) is 7.96. The predicted octanol–water partition coefficient (Wildman–Crippen LogP) is 3.36. The highest BCUT2D eigenvalue weighted by molar-refractivity contribution is 5.92. The highest BCUT2D eigenvalue weighted by Crippen LogP contribution is 2.12. The first-order chi connectivity index (χ1) is 15.0. The van der Waals surface area contributed by atoms with Gasteiger partial charge in [0.15, 0.2) is 0 Å². The number of amides is 2. The molecule has 31 heavy (non-hydrogen) atoms. The molecule has 0 atom stereocenters. The summed E-state index contributed by atoms with van der Waals surface area (Å²) in [6.45, 7) is 5.69. The van der Waals surface area contributed by atoms with E-state index >= 15 is 0 Å². The maximum Gasteiger partial charge on any atom is 0.238 e. The van der Waals surface area contributed by atoms with Gasteiger partial charge in [0.25, 0.3) is 0 Å². The lowest BCUT2D eigenvalue weighted by Crippen LogP contribution is -2.50. The predicted molar refractivity (Wildman–Crippen MR) is 122 cm³/mol. The van der Waals surface area contributed by atoms with Crippen LogP contribution in [0.5, 0.6) is 0 Å². The summed E-state index contributed by atoms with van der Waals surface area (Å²) in [5, 5.41) is 5.74. The summed E-state index contributed by atoms with van der Waals surface area (Å²) < 4.78 is 12.9. The molecule has 2 amide bonds. The lowest BCUT2D eigenvalue weighted by atomic mass is 10.1. The second kappa shape index (κ2) is 11.6. The van der Waals surface area contributed by atoms with Crippen molar-refractivity contribution in [1.29, 1.82) is 0 Å². The van der Waals surface area contributed by atoms with Crippen LogP contribution >= 0.6 is 0 Å². The lowest BCUT2D eigenvalue weighted by Gasteiger charge is -2.33. The van der Waals surface area contributed by atoms with Crippen molar-refractivity contribution in [3.63, 3.8) is 0 Å². The molecule has 0 spiro atoms. The normalized spacial score (nSPS) is 14.9. The summed E-state index contributed by atoms with van der Waals surface area (Å²) in [6, 6.07) is 13.8. The molecule has 0 saturated carbocycles. The maximum atomic E-state index is 12.9. The van der Waals surface area contributed by atoms with Crippen LogP contribution in [0, 0.1) is 5.82 Å². The fraction of sp³-hybridized carbons (Fsp3) is 0.417. The van der Waals surface area contributed by atoms with Gasteiger partial charge in [-0.25, -0.2) is 4.39 Å². The fourth-order valence-electron chi connectivity index (χ4n) is 3.58. The minimum absolute atomic E-state index is 0.0242. The van der Waals surface area contributed by atoms with E-state index in [0.29, 0.717) is 12.2 Å². The summed E-state index contributed by atoms with van der Waals surface area (Å²) >= 11 is 0. The van der Waals surface area contributed by atoms with E-state index in [1.54, 1.807) is 12.1 Å². The molecule has 1 aliphatic rings. The van der Waals surface area contributed by atoms with Gasteiger partial charge in [0.05, 0.1) is 13.1 Å². The van der Waals surface area contributed by atoms with Crippen molar-refractivity contribution in [2.45, 2.75) is 26.2 Å². The van der Waals surface area contributed by atoms with E-state index in [4.69, 9.17) is 0 Å². The molecular weight excluding hydrogens is 395 g/mol. The van der Waals surface area contributed by atoms with Crippen molar-refractivity contribution < 1.29 is 14.0 Å². The van der Waals surface area contributed by atoms with Crippen LogP contribution in [-0.2, 0) is 16.0 Å². The van der Waals surface area contributed by atoms with Crippen molar-refractivity contribution in [3.8, 4) is 0 Å². The van der Waals surface area contributed by atoms with Gasteiger partial charge in [-0.05, 0) is 54.8 Å². The number of nitrogens with zero attached hydrogens (tertiary/aromatic N) is 2. The van der Waals surface area contributed by atoms with Crippen LogP contribution in [0.1, 0.15) is 25.3 Å². The van der Waals surface area contributed by atoms with Gasteiger partial charge in [0.1, 0.15) is 5.82 Å². The Kier molecular flexibility index (Phi) is 8.55. The smallest absolute Gasteiger partial charge is 0.238 e. The zero-order valence-electron chi connectivity index (χ0n) is 18.1. The van der Waals surface area contributed by atoms with Gasteiger partial charge in [-0.3, -0.25) is 19.4 Å². The Morgan fingerprint density at radius 2 is 1.26 bits per heavy atom. The minimum atomic E-state index is -0.331. The number of anilines is 2. The van der Waals surface area contributed by atoms with Crippen LogP contribution in [0.3, 0.4) is 0 Å². The number of rotatable bonds is 9. The van der Waals surface area contributed by atoms with Gasteiger partial charge in [-0.2, -0.15) is 0 Å². The van der Waals surface area contributed by atoms with E-state index in [-0.39, 0.29) is 24.2 Å². The summed E-state index contributed by atoms with van der Waals surface area (Å²) in [6.07, 6.45) is 3.41. The van der Waals surface area contributed by atoms with E-state index in [2.05, 4.69) is 39.5 Å². The topological polar surface area (TPSA) is 64.7 Å². The van der Waals surface area contributed by atoms with Gasteiger partial charge < -0.3 is 10.6 Å². The number of carbonyl (C=O) groups is 2. The maximum absolute atomic E-state index is 12.9. The van der Waals surface area contributed by atoms with E-state index in [9.17, 15) is 14.0 Å². The van der Waals surface area contributed by atoms with Gasteiger partial charge in [0.2, 0.25) is 11.8 Å². The third kappa shape index (κ3) is 7.77. The Morgan fingerprint density at radius 1 is 0.806 bits per heavy atom. The van der Waals surface area contributed by atoms with Crippen LogP contribution in [-0.4, -0.2) is 60.9 Å². The summed E-state index contributed by atoms with van der Waals surface area (Å²) in [7, 11) is 0. The zero-order valence-corrected chi connectivity index (χ0v) is 18.1. The van der Waals surface area contributed by atoms with Crippen LogP contribution < -0.4 is 10.6 Å². The third-order valence-electron chi connectivity index (χ3n) is 5.38. The first-order valence-corrected chi connectivity index (χ1v) is 10.9. The first kappa shape index (κ1) is 22.9. The SMILES string of the molecule is CCCCc1ccc(NC(=O)CN2CCN(CC(=O)Nc3ccc(F)cc3)CC2)cc1. The number of benzene rings is 2. The Hall–Kier alpha value is -2.77. The molecule has 166 valence electrons. The number of hydrogen-bond acceptors (Lipinski definition) is 4. The van der Waals surface area contributed by atoms with Gasteiger partial charge in [-0.1, -0.05) is 25.5 Å². The molecule has 7 heteroatoms. The molecule has 2 N–H and O–H groups in total. The minimum Gasteiger partial charge on any atom is -0.325 e. The molecule has 0 unspecified atom stereocenters. The average Bonchev–Trinajstić information content (AvgIpc) is 2.76. The fourth-order valence-corrected chi connectivity index (χ4v) is 3.58. The molecule has 0 radical (unpaired) electrons. The summed E-state index contributed by atoms with van der Waals surface area (Å²) in [5.74, 6) is -0.480. The molecule has 1 fully saturated rings. The Balaban J connectivity index is 1.36. The van der Waals surface area contributed by atoms with E-state index in [1.165, 1.54) is 30.5 Å². The van der Waals surface area contributed by atoms with Crippen LogP contribution in [0.4, 0.5) is 15.8 Å². The van der Waals surface area contributed by atoms with Crippen molar-refractivity contribution >= 4 is 23.2 Å². The highest BCUT2D eigenvalue weighted by Gasteiger charge is 2.20. The van der Waals surface area contributed by atoms with Gasteiger partial charge in [-0.15, -0.1) is 0 Å². The average molecular weight is 427 g/mol. The molecule has 1 aliphatic heterocycles. The molecule has 2 aromatic carbocycles. The number of hydrogen-bond donors (Lipinski definition) is 2. The van der Waals surface area contributed by atoms with Crippen molar-refractivity contribution in [3.05, 3.63) is 59.9 Å². The van der Waals surface area contributed by atoms with Gasteiger partial charge >= 0.3 is 0 Å². The van der Waals surface area contributed by atoms with E-state index < -0.39 is 0 Å². The number of halogens is 1. The monoisotopic (exact) mass is 426 g/mol. The molecule has 0 aliphatic carbocycles. The Morgan fingerprint density at radius 3 is 1.71 bits per heavy atom. The van der Waals surface area contributed by atoms with Crippen LogP contribution in [0.2, 0.25) is 0 Å². The number of aryl methyl sites for hydroxylation is 1. The number of piperazine rings is 1. The lowest BCUT2D eigenvalue weighted by molar-refractivity contribution is -0.120. The summed E-state index contributed by atoms with van der Waals surface area (Å²) in [4.78, 5) is 28.7. The molecule has 6 nitrogen and oxygen atoms in total. The van der Waals surface area contributed by atoms with E-state index in [0.717, 1.165) is 38.3 Å². The van der Waals surface area contributed by atoms with Crippen molar-refractivity contribution in [2.24, 2.45) is 0 Å². The standard InChI is InChI=1S/C24H31FN4O2/c1-2-3-4-19-5-9-21(10-6-19)26-23(30)17-28-13-15-29(16-14-28)18-24(31)27-22-11-7-20(25)8-12-22/h5-12H,2-4,13-18H2,1H3,(H,26,30)(H,27,31). The van der Waals surface area contributed by atoms with E-state index in [1.807, 2.05) is 12.1 Å². The molecule has 0 aromatic heterocycles. The summed E-state index contributed by atoms with van der Waals surface area (Å²) in [5.41, 5.74) is 2.70. The largest absolute Gasteiger partial charge is 0.325 e. The second-order valence-electron chi connectivity index (χ2n) is 7.96. The Labute approximate surface area is 183 Å². The van der Waals surface area contributed by atoms with Crippen molar-refractivity contribution in [2.75, 3.05) is 49.9 Å². The third-order valence-corrected chi connectivity index (χ3v) is 5.38. The van der Waals surface area contributed by atoms with Gasteiger partial charge in [0, 0.05) is 37.6 Å². The number of unbranched alkanes of at least 4 members (excludes halogenated alkanes) is 1. The molecule has 1 heterocycles. The first-order valence-electron chi connectivity index (χ1n) is 10.9. The zero-order chi connectivity index (χ0) is 22.1. The molecular formula is C24H31FN4O2. The number of nitrogens with one attached hydrogen (secondary N) is 2. The highest BCUT2D eigenvalue weighted by atomic mass is 19.1. The molecule has 1 saturated heterocycles. The molecule has 0 bridgehead atoms. The van der Waals surface area contributed by atoms with Crippen LogP contribution in [0.25, 0.3) is 0 Å².